The van der Waals surface area contributed by atoms with E-state index in [0.717, 1.165) is 17.8 Å². The van der Waals surface area contributed by atoms with E-state index >= 15 is 0 Å². The van der Waals surface area contributed by atoms with Crippen molar-refractivity contribution in [2.45, 2.75) is 66.7 Å². The highest BCUT2D eigenvalue weighted by molar-refractivity contribution is 7.37. The Balaban J connectivity index is 3.45. The molecule has 0 N–H and O–H groups in total. The van der Waals surface area contributed by atoms with Crippen LogP contribution in [-0.2, 0) is 0 Å². The van der Waals surface area contributed by atoms with Gasteiger partial charge < -0.3 is 0 Å². The van der Waals surface area contributed by atoms with Crippen LogP contribution < -0.4 is 0 Å². The Morgan fingerprint density at radius 3 is 1.88 bits per heavy atom. The zero-order chi connectivity index (χ0) is 12.4. The van der Waals surface area contributed by atoms with Gasteiger partial charge in [-0.2, -0.15) is 0 Å². The van der Waals surface area contributed by atoms with Crippen molar-refractivity contribution in [3.63, 3.8) is 0 Å². The van der Waals surface area contributed by atoms with Crippen molar-refractivity contribution in [1.29, 1.82) is 0 Å². The fraction of sp³-hybridized carbons (Fsp3) is 1.00. The van der Waals surface area contributed by atoms with E-state index in [1.54, 1.807) is 0 Å². The Hall–Kier alpha value is 0.430. The lowest BCUT2D eigenvalue weighted by Crippen LogP contribution is -2.08. The maximum Gasteiger partial charge on any atom is -0.0353 e. The van der Waals surface area contributed by atoms with Gasteiger partial charge in [0.2, 0.25) is 0 Å². The van der Waals surface area contributed by atoms with Crippen LogP contribution in [0.25, 0.3) is 0 Å². The molecular weight excluding hydrogens is 211 g/mol. The van der Waals surface area contributed by atoms with E-state index in [0.29, 0.717) is 0 Å². The highest BCUT2D eigenvalue weighted by Gasteiger charge is 2.11. The molecule has 0 aromatic rings. The smallest absolute Gasteiger partial charge is 0.0353 e. The number of rotatable bonds is 10. The van der Waals surface area contributed by atoms with Crippen molar-refractivity contribution >= 4 is 8.58 Å². The zero-order valence-electron chi connectivity index (χ0n) is 12.2. The molecule has 0 heterocycles. The Morgan fingerprint density at radius 2 is 1.38 bits per heavy atom. The second kappa shape index (κ2) is 10.6. The fourth-order valence-corrected chi connectivity index (χ4v) is 2.95. The van der Waals surface area contributed by atoms with Crippen LogP contribution in [0.5, 0.6) is 0 Å². The van der Waals surface area contributed by atoms with Gasteiger partial charge >= 0.3 is 0 Å². The van der Waals surface area contributed by atoms with E-state index in [-0.39, 0.29) is 0 Å². The van der Waals surface area contributed by atoms with E-state index < -0.39 is 0 Å². The van der Waals surface area contributed by atoms with E-state index in [2.05, 4.69) is 34.6 Å². The molecule has 0 fully saturated rings. The Labute approximate surface area is 106 Å². The van der Waals surface area contributed by atoms with Gasteiger partial charge in [0.25, 0.3) is 0 Å². The molecule has 0 radical (unpaired) electrons. The van der Waals surface area contributed by atoms with Crippen molar-refractivity contribution in [3.8, 4) is 0 Å². The highest BCUT2D eigenvalue weighted by Crippen LogP contribution is 2.24. The summed E-state index contributed by atoms with van der Waals surface area (Å²) in [6, 6.07) is 0. The molecule has 0 nitrogen and oxygen atoms in total. The van der Waals surface area contributed by atoms with Crippen LogP contribution in [0, 0.1) is 17.8 Å². The number of hydrogen-bond donors (Lipinski definition) is 0. The first kappa shape index (κ1) is 16.4. The second-order valence-electron chi connectivity index (χ2n) is 5.78. The lowest BCUT2D eigenvalue weighted by atomic mass is 9.87. The van der Waals surface area contributed by atoms with Crippen molar-refractivity contribution in [2.75, 3.05) is 12.3 Å². The molecular formula is C15H33P. The SMILES string of the molecule is CCPCCCC(C)C(C)CCCC(C)C. The first-order valence-electron chi connectivity index (χ1n) is 7.28. The standard InChI is InChI=1S/C15H33P/c1-6-16-12-8-11-15(5)14(4)10-7-9-13(2)3/h13-16H,6-12H2,1-5H3. The summed E-state index contributed by atoms with van der Waals surface area (Å²) in [5.74, 6) is 2.76. The average molecular weight is 244 g/mol. The van der Waals surface area contributed by atoms with Gasteiger partial charge in [0, 0.05) is 0 Å². The van der Waals surface area contributed by atoms with E-state index in [4.69, 9.17) is 0 Å². The summed E-state index contributed by atoms with van der Waals surface area (Å²) in [4.78, 5) is 0. The minimum atomic E-state index is 0.883. The second-order valence-corrected chi connectivity index (χ2v) is 7.48. The number of hydrogen-bond acceptors (Lipinski definition) is 0. The highest BCUT2D eigenvalue weighted by atomic mass is 31.1. The van der Waals surface area contributed by atoms with Crippen molar-refractivity contribution in [2.24, 2.45) is 17.8 Å². The van der Waals surface area contributed by atoms with Crippen LogP contribution in [-0.4, -0.2) is 12.3 Å². The molecule has 98 valence electrons. The molecule has 0 saturated heterocycles. The van der Waals surface area contributed by atoms with Crippen LogP contribution in [0.15, 0.2) is 0 Å². The van der Waals surface area contributed by atoms with Crippen LogP contribution in [0.2, 0.25) is 0 Å². The Kier molecular flexibility index (Phi) is 10.9. The summed E-state index contributed by atoms with van der Waals surface area (Å²) in [6.45, 7) is 11.9. The summed E-state index contributed by atoms with van der Waals surface area (Å²) in [6.07, 6.45) is 10.1. The predicted octanol–water partition coefficient (Wildman–Crippen LogP) is 5.56. The summed E-state index contributed by atoms with van der Waals surface area (Å²) < 4.78 is 0. The monoisotopic (exact) mass is 244 g/mol. The van der Waals surface area contributed by atoms with Crippen molar-refractivity contribution in [3.05, 3.63) is 0 Å². The van der Waals surface area contributed by atoms with Gasteiger partial charge in [-0.05, 0) is 36.5 Å². The molecule has 3 unspecified atom stereocenters. The minimum absolute atomic E-state index is 0.883. The molecule has 3 atom stereocenters. The Bertz CT molecular complexity index is 142. The fourth-order valence-electron chi connectivity index (χ4n) is 2.14. The first-order chi connectivity index (χ1) is 7.57. The largest absolute Gasteiger partial charge is 0.122 e. The molecule has 0 amide bonds. The van der Waals surface area contributed by atoms with Crippen molar-refractivity contribution < 1.29 is 0 Å². The molecule has 0 bridgehead atoms. The summed E-state index contributed by atoms with van der Waals surface area (Å²) in [5, 5.41) is 0. The van der Waals surface area contributed by atoms with Gasteiger partial charge in [0.15, 0.2) is 0 Å². The van der Waals surface area contributed by atoms with Gasteiger partial charge in [0.05, 0.1) is 0 Å². The summed E-state index contributed by atoms with van der Waals surface area (Å²) in [5.41, 5.74) is 0. The van der Waals surface area contributed by atoms with E-state index in [1.807, 2.05) is 0 Å². The zero-order valence-corrected chi connectivity index (χ0v) is 13.2. The third kappa shape index (κ3) is 9.64. The molecule has 0 aliphatic rings. The van der Waals surface area contributed by atoms with Gasteiger partial charge in [-0.15, -0.1) is 8.58 Å². The maximum absolute atomic E-state index is 2.45. The van der Waals surface area contributed by atoms with Crippen LogP contribution in [0.1, 0.15) is 66.7 Å². The van der Waals surface area contributed by atoms with Gasteiger partial charge in [0.1, 0.15) is 0 Å². The maximum atomic E-state index is 2.45. The lowest BCUT2D eigenvalue weighted by Gasteiger charge is -2.20. The van der Waals surface area contributed by atoms with Gasteiger partial charge in [-0.1, -0.05) is 60.3 Å². The third-order valence-electron chi connectivity index (χ3n) is 3.68. The summed E-state index contributed by atoms with van der Waals surface area (Å²) >= 11 is 0. The van der Waals surface area contributed by atoms with Gasteiger partial charge in [-0.3, -0.25) is 0 Å². The summed E-state index contributed by atoms with van der Waals surface area (Å²) in [7, 11) is 1.21. The molecule has 16 heavy (non-hydrogen) atoms. The normalized spacial score (nSPS) is 16.1. The minimum Gasteiger partial charge on any atom is -0.122 e. The third-order valence-corrected chi connectivity index (χ3v) is 4.88. The molecule has 0 aromatic carbocycles. The predicted molar refractivity (Wildman–Crippen MR) is 80.0 cm³/mol. The molecule has 0 aromatic heterocycles. The van der Waals surface area contributed by atoms with Gasteiger partial charge in [-0.25, -0.2) is 0 Å². The van der Waals surface area contributed by atoms with E-state index in [9.17, 15) is 0 Å². The molecule has 0 spiro atoms. The lowest BCUT2D eigenvalue weighted by molar-refractivity contribution is 0.325. The van der Waals surface area contributed by atoms with Crippen LogP contribution in [0.4, 0.5) is 0 Å². The Morgan fingerprint density at radius 1 is 0.812 bits per heavy atom. The van der Waals surface area contributed by atoms with Crippen LogP contribution in [0.3, 0.4) is 0 Å². The first-order valence-corrected chi connectivity index (χ1v) is 8.70. The quantitative estimate of drug-likeness (QED) is 0.348. The van der Waals surface area contributed by atoms with E-state index in [1.165, 1.54) is 53.0 Å². The molecule has 0 rings (SSSR count). The molecule has 0 aliphatic heterocycles. The van der Waals surface area contributed by atoms with Crippen molar-refractivity contribution in [1.82, 2.24) is 0 Å². The molecule has 1 heteroatoms. The topological polar surface area (TPSA) is 0 Å². The molecule has 0 aliphatic carbocycles. The van der Waals surface area contributed by atoms with Crippen LogP contribution >= 0.6 is 8.58 Å². The average Bonchev–Trinajstić information content (AvgIpc) is 2.23. The molecule has 0 saturated carbocycles.